The lowest BCUT2D eigenvalue weighted by Crippen LogP contribution is -2.33. The van der Waals surface area contributed by atoms with Gasteiger partial charge in [0.25, 0.3) is 0 Å². The molecule has 23 heavy (non-hydrogen) atoms. The highest BCUT2D eigenvalue weighted by atomic mass is 32.2. The highest BCUT2D eigenvalue weighted by Gasteiger charge is 2.26. The second-order valence-corrected chi connectivity index (χ2v) is 5.97. The number of carbonyl (C=O) groups is 2. The molecule has 1 N–H and O–H groups in total. The highest BCUT2D eigenvalue weighted by molar-refractivity contribution is 7.99. The van der Waals surface area contributed by atoms with Crippen LogP contribution in [0.2, 0.25) is 0 Å². The van der Waals surface area contributed by atoms with E-state index in [1.54, 1.807) is 7.11 Å². The molecule has 2 aromatic rings. The predicted molar refractivity (Wildman–Crippen MR) is 85.0 cm³/mol. The normalized spacial score (nSPS) is 14.3. The van der Waals surface area contributed by atoms with Crippen LogP contribution in [0.15, 0.2) is 29.4 Å². The number of imide groups is 1. The van der Waals surface area contributed by atoms with E-state index in [0.717, 1.165) is 17.7 Å². The molecule has 2 amide bonds. The monoisotopic (exact) mass is 332 g/mol. The maximum atomic E-state index is 12.0. The number of aromatic nitrogens is 3. The van der Waals surface area contributed by atoms with Gasteiger partial charge in [0.1, 0.15) is 5.75 Å². The second kappa shape index (κ2) is 6.82. The number of rotatable bonds is 5. The Morgan fingerprint density at radius 1 is 1.39 bits per heavy atom. The fraction of sp³-hybridized carbons (Fsp3) is 0.333. The highest BCUT2D eigenvalue weighted by Crippen LogP contribution is 2.22. The topological polar surface area (TPSA) is 88.2 Å². The van der Waals surface area contributed by atoms with Crippen molar-refractivity contribution in [2.24, 2.45) is 0 Å². The van der Waals surface area contributed by atoms with Crippen molar-refractivity contribution in [3.63, 3.8) is 0 Å². The van der Waals surface area contributed by atoms with E-state index in [1.165, 1.54) is 16.7 Å². The van der Waals surface area contributed by atoms with E-state index in [0.29, 0.717) is 23.9 Å². The molecule has 1 fully saturated rings. The lowest BCUT2D eigenvalue weighted by molar-refractivity contribution is -0.140. The molecule has 0 bridgehead atoms. The maximum absolute atomic E-state index is 12.0. The van der Waals surface area contributed by atoms with Crippen LogP contribution < -0.4 is 4.74 Å². The van der Waals surface area contributed by atoms with E-state index in [4.69, 9.17) is 4.74 Å². The third-order valence-electron chi connectivity index (χ3n) is 3.53. The summed E-state index contributed by atoms with van der Waals surface area (Å²) < 4.78 is 5.11. The van der Waals surface area contributed by atoms with Crippen molar-refractivity contribution in [3.8, 4) is 17.1 Å². The fourth-order valence-electron chi connectivity index (χ4n) is 2.31. The third-order valence-corrected chi connectivity index (χ3v) is 4.36. The Morgan fingerprint density at radius 2 is 2.17 bits per heavy atom. The van der Waals surface area contributed by atoms with Gasteiger partial charge in [0.05, 0.1) is 12.9 Å². The average molecular weight is 332 g/mol. The maximum Gasteiger partial charge on any atom is 0.239 e. The number of H-pyrrole nitrogens is 1. The first-order valence-corrected chi connectivity index (χ1v) is 8.19. The molecular weight excluding hydrogens is 316 g/mol. The van der Waals surface area contributed by atoms with Gasteiger partial charge in [-0.05, 0) is 30.7 Å². The summed E-state index contributed by atoms with van der Waals surface area (Å²) in [7, 11) is 1.61. The van der Waals surface area contributed by atoms with Crippen molar-refractivity contribution < 1.29 is 14.3 Å². The molecule has 1 aromatic heterocycles. The molecule has 8 heteroatoms. The molecule has 3 rings (SSSR count). The zero-order valence-electron chi connectivity index (χ0n) is 12.6. The van der Waals surface area contributed by atoms with Crippen LogP contribution in [0, 0.1) is 0 Å². The number of methoxy groups -OCH3 is 1. The smallest absolute Gasteiger partial charge is 0.239 e. The first kappa shape index (κ1) is 15.5. The minimum atomic E-state index is -0.187. The summed E-state index contributed by atoms with van der Waals surface area (Å²) in [5, 5.41) is 7.42. The van der Waals surface area contributed by atoms with Crippen LogP contribution in [0.1, 0.15) is 12.8 Å². The largest absolute Gasteiger partial charge is 0.497 e. The van der Waals surface area contributed by atoms with Crippen LogP contribution in [-0.2, 0) is 9.59 Å². The van der Waals surface area contributed by atoms with Gasteiger partial charge >= 0.3 is 0 Å². The standard InChI is InChI=1S/C15H16N4O3S/c1-22-11-6-4-10(5-7-11)14-16-15(18-17-14)23-9-13(21)19-8-2-3-12(19)20/h4-7H,2-3,8-9H2,1H3,(H,16,17,18). The number of hydrogen-bond donors (Lipinski definition) is 1. The Kier molecular flexibility index (Phi) is 4.61. The lowest BCUT2D eigenvalue weighted by atomic mass is 10.2. The number of hydrogen-bond acceptors (Lipinski definition) is 6. The van der Waals surface area contributed by atoms with Gasteiger partial charge in [-0.1, -0.05) is 11.8 Å². The lowest BCUT2D eigenvalue weighted by Gasteiger charge is -2.11. The van der Waals surface area contributed by atoms with Crippen molar-refractivity contribution in [3.05, 3.63) is 24.3 Å². The minimum Gasteiger partial charge on any atom is -0.497 e. The van der Waals surface area contributed by atoms with Crippen molar-refractivity contribution in [1.82, 2.24) is 20.1 Å². The number of aromatic amines is 1. The SMILES string of the molecule is COc1ccc(-c2nc(SCC(=O)N3CCCC3=O)n[nH]2)cc1. The molecular formula is C15H16N4O3S. The number of nitrogens with one attached hydrogen (secondary N) is 1. The molecule has 120 valence electrons. The molecule has 0 spiro atoms. The number of carbonyl (C=O) groups excluding carboxylic acids is 2. The zero-order valence-corrected chi connectivity index (χ0v) is 13.4. The van der Waals surface area contributed by atoms with E-state index >= 15 is 0 Å². The number of likely N-dealkylation sites (tertiary alicyclic amines) is 1. The van der Waals surface area contributed by atoms with Crippen molar-refractivity contribution in [2.75, 3.05) is 19.4 Å². The van der Waals surface area contributed by atoms with Crippen molar-refractivity contribution in [2.45, 2.75) is 18.0 Å². The van der Waals surface area contributed by atoms with E-state index in [9.17, 15) is 9.59 Å². The van der Waals surface area contributed by atoms with Crippen LogP contribution in [0.3, 0.4) is 0 Å². The zero-order chi connectivity index (χ0) is 16.2. The summed E-state index contributed by atoms with van der Waals surface area (Å²) in [4.78, 5) is 29.2. The molecule has 1 aliphatic rings. The first-order chi connectivity index (χ1) is 11.2. The van der Waals surface area contributed by atoms with Gasteiger partial charge in [-0.3, -0.25) is 19.6 Å². The van der Waals surface area contributed by atoms with Crippen LogP contribution >= 0.6 is 11.8 Å². The number of benzene rings is 1. The molecule has 1 aromatic carbocycles. The van der Waals surface area contributed by atoms with Crippen LogP contribution in [-0.4, -0.2) is 51.3 Å². The molecule has 0 saturated carbocycles. The molecule has 2 heterocycles. The van der Waals surface area contributed by atoms with Crippen LogP contribution in [0.5, 0.6) is 5.75 Å². The van der Waals surface area contributed by atoms with Crippen molar-refractivity contribution in [1.29, 1.82) is 0 Å². The van der Waals surface area contributed by atoms with Gasteiger partial charge in [0, 0.05) is 18.5 Å². The third kappa shape index (κ3) is 3.53. The summed E-state index contributed by atoms with van der Waals surface area (Å²) in [6.45, 7) is 0.517. The molecule has 1 saturated heterocycles. The first-order valence-electron chi connectivity index (χ1n) is 7.20. The molecule has 0 aliphatic carbocycles. The molecule has 0 atom stereocenters. The van der Waals surface area contributed by atoms with Gasteiger partial charge in [0.2, 0.25) is 17.0 Å². The van der Waals surface area contributed by atoms with Gasteiger partial charge in [-0.25, -0.2) is 4.98 Å². The quantitative estimate of drug-likeness (QED) is 0.839. The Labute approximate surface area is 137 Å². The van der Waals surface area contributed by atoms with E-state index < -0.39 is 0 Å². The average Bonchev–Trinajstić information content (AvgIpc) is 3.22. The van der Waals surface area contributed by atoms with Crippen LogP contribution in [0.25, 0.3) is 11.4 Å². The summed E-state index contributed by atoms with van der Waals surface area (Å²) >= 11 is 1.22. The van der Waals surface area contributed by atoms with Gasteiger partial charge in [-0.15, -0.1) is 5.10 Å². The Balaban J connectivity index is 1.60. The number of nitrogens with zero attached hydrogens (tertiary/aromatic N) is 3. The van der Waals surface area contributed by atoms with E-state index in [1.807, 2.05) is 24.3 Å². The van der Waals surface area contributed by atoms with Gasteiger partial charge in [-0.2, -0.15) is 0 Å². The summed E-state index contributed by atoms with van der Waals surface area (Å²) in [5.41, 5.74) is 0.881. The summed E-state index contributed by atoms with van der Waals surface area (Å²) in [6.07, 6.45) is 1.20. The fourth-order valence-corrected chi connectivity index (χ4v) is 2.98. The molecule has 0 radical (unpaired) electrons. The Hall–Kier alpha value is -2.35. The number of ether oxygens (including phenoxy) is 1. The van der Waals surface area contributed by atoms with E-state index in [2.05, 4.69) is 15.2 Å². The van der Waals surface area contributed by atoms with E-state index in [-0.39, 0.29) is 17.6 Å². The van der Waals surface area contributed by atoms with Crippen molar-refractivity contribution >= 4 is 23.6 Å². The molecule has 0 unspecified atom stereocenters. The second-order valence-electron chi connectivity index (χ2n) is 5.03. The summed E-state index contributed by atoms with van der Waals surface area (Å²) in [6, 6.07) is 7.43. The van der Waals surface area contributed by atoms with Gasteiger partial charge in [0.15, 0.2) is 5.82 Å². The minimum absolute atomic E-state index is 0.0930. The number of thioether (sulfide) groups is 1. The Morgan fingerprint density at radius 3 is 2.83 bits per heavy atom. The molecule has 1 aliphatic heterocycles. The van der Waals surface area contributed by atoms with Crippen LogP contribution in [0.4, 0.5) is 0 Å². The summed E-state index contributed by atoms with van der Waals surface area (Å²) in [5.74, 6) is 1.27. The molecule has 7 nitrogen and oxygen atoms in total. The Bertz CT molecular complexity index is 714. The predicted octanol–water partition coefficient (Wildman–Crippen LogP) is 1.72. The van der Waals surface area contributed by atoms with Gasteiger partial charge < -0.3 is 4.74 Å². The number of amides is 2.